The van der Waals surface area contributed by atoms with Gasteiger partial charge in [-0.15, -0.1) is 0 Å². The van der Waals surface area contributed by atoms with Crippen molar-refractivity contribution < 1.29 is 9.53 Å². The van der Waals surface area contributed by atoms with Crippen molar-refractivity contribution in [1.82, 2.24) is 4.90 Å². The van der Waals surface area contributed by atoms with Crippen LogP contribution >= 0.6 is 11.6 Å². The van der Waals surface area contributed by atoms with Crippen LogP contribution in [0.2, 0.25) is 5.02 Å². The van der Waals surface area contributed by atoms with Gasteiger partial charge in [0.15, 0.2) is 0 Å². The minimum Gasteiger partial charge on any atom is -0.497 e. The topological polar surface area (TPSA) is 56.6 Å². The van der Waals surface area contributed by atoms with Gasteiger partial charge in [0.25, 0.3) is 5.91 Å². The van der Waals surface area contributed by atoms with E-state index in [9.17, 15) is 4.79 Å². The molecule has 6 heteroatoms. The molecule has 0 radical (unpaired) electrons. The van der Waals surface area contributed by atoms with Crippen LogP contribution < -0.4 is 9.64 Å². The number of nitrogens with zero attached hydrogens (tertiary/aromatic N) is 3. The molecule has 3 rings (SSSR count). The number of piperazine rings is 1. The molecule has 2 aromatic rings. The third kappa shape index (κ3) is 3.70. The van der Waals surface area contributed by atoms with Gasteiger partial charge in [-0.25, -0.2) is 0 Å². The molecule has 1 aliphatic heterocycles. The highest BCUT2D eigenvalue weighted by Crippen LogP contribution is 2.24. The number of hydrogen-bond donors (Lipinski definition) is 0. The average Bonchev–Trinajstić information content (AvgIpc) is 2.67. The summed E-state index contributed by atoms with van der Waals surface area (Å²) < 4.78 is 5.12. The molecule has 1 fully saturated rings. The molecule has 25 heavy (non-hydrogen) atoms. The summed E-state index contributed by atoms with van der Waals surface area (Å²) in [6.07, 6.45) is 0. The Labute approximate surface area is 152 Å². The lowest BCUT2D eigenvalue weighted by atomic mass is 10.1. The molecule has 2 aromatic carbocycles. The summed E-state index contributed by atoms with van der Waals surface area (Å²) in [6.45, 7) is 2.74. The first-order valence-corrected chi connectivity index (χ1v) is 8.38. The molecule has 0 atom stereocenters. The van der Waals surface area contributed by atoms with Crippen LogP contribution in [-0.2, 0) is 0 Å². The van der Waals surface area contributed by atoms with Crippen LogP contribution in [0.25, 0.3) is 0 Å². The zero-order valence-corrected chi connectivity index (χ0v) is 14.7. The van der Waals surface area contributed by atoms with Gasteiger partial charge in [-0.05, 0) is 42.5 Å². The van der Waals surface area contributed by atoms with Crippen LogP contribution in [0.3, 0.4) is 0 Å². The molecule has 5 nitrogen and oxygen atoms in total. The van der Waals surface area contributed by atoms with E-state index < -0.39 is 0 Å². The first-order valence-electron chi connectivity index (χ1n) is 8.00. The van der Waals surface area contributed by atoms with Crippen LogP contribution in [0, 0.1) is 11.3 Å². The van der Waals surface area contributed by atoms with Crippen molar-refractivity contribution in [3.8, 4) is 11.8 Å². The maximum atomic E-state index is 12.6. The lowest BCUT2D eigenvalue weighted by Crippen LogP contribution is -2.48. The minimum absolute atomic E-state index is 0.0279. The second kappa shape index (κ2) is 7.45. The third-order valence-electron chi connectivity index (χ3n) is 4.34. The molecule has 0 unspecified atom stereocenters. The summed E-state index contributed by atoms with van der Waals surface area (Å²) in [4.78, 5) is 16.6. The van der Waals surface area contributed by atoms with Crippen molar-refractivity contribution in [2.45, 2.75) is 0 Å². The Morgan fingerprint density at radius 3 is 2.36 bits per heavy atom. The van der Waals surface area contributed by atoms with E-state index in [2.05, 4.69) is 11.0 Å². The number of halogens is 1. The molecular formula is C19H18ClN3O2. The van der Waals surface area contributed by atoms with E-state index in [1.165, 1.54) is 0 Å². The van der Waals surface area contributed by atoms with Crippen molar-refractivity contribution in [1.29, 1.82) is 5.26 Å². The summed E-state index contributed by atoms with van der Waals surface area (Å²) in [5.74, 6) is 0.763. The number of carbonyl (C=O) groups excluding carboxylic acids is 1. The molecule has 0 N–H and O–H groups in total. The number of amides is 1. The molecule has 1 heterocycles. The van der Waals surface area contributed by atoms with E-state index in [-0.39, 0.29) is 5.91 Å². The Morgan fingerprint density at radius 1 is 1.12 bits per heavy atom. The van der Waals surface area contributed by atoms with Gasteiger partial charge in [0.05, 0.1) is 17.7 Å². The largest absolute Gasteiger partial charge is 0.497 e. The maximum Gasteiger partial charge on any atom is 0.253 e. The van der Waals surface area contributed by atoms with Crippen molar-refractivity contribution in [3.63, 3.8) is 0 Å². The van der Waals surface area contributed by atoms with Gasteiger partial charge in [-0.2, -0.15) is 5.26 Å². The Hall–Kier alpha value is -2.71. The lowest BCUT2D eigenvalue weighted by molar-refractivity contribution is 0.0747. The van der Waals surface area contributed by atoms with Crippen molar-refractivity contribution >= 4 is 23.2 Å². The fraction of sp³-hybridized carbons (Fsp3) is 0.263. The molecule has 0 saturated carbocycles. The fourth-order valence-corrected chi connectivity index (χ4v) is 3.09. The minimum atomic E-state index is 0.0279. The van der Waals surface area contributed by atoms with E-state index in [0.717, 1.165) is 24.5 Å². The monoisotopic (exact) mass is 355 g/mol. The Kier molecular flexibility index (Phi) is 5.11. The summed E-state index contributed by atoms with van der Waals surface area (Å²) in [5, 5.41) is 9.41. The number of benzene rings is 2. The van der Waals surface area contributed by atoms with E-state index in [1.807, 2.05) is 11.0 Å². The molecular weight excluding hydrogens is 338 g/mol. The second-order valence-corrected chi connectivity index (χ2v) is 6.19. The van der Waals surface area contributed by atoms with Crippen molar-refractivity contribution in [2.75, 3.05) is 38.2 Å². The van der Waals surface area contributed by atoms with Crippen molar-refractivity contribution in [2.24, 2.45) is 0 Å². The molecule has 128 valence electrons. The van der Waals surface area contributed by atoms with Gasteiger partial charge < -0.3 is 14.5 Å². The normalized spacial score (nSPS) is 14.1. The maximum absolute atomic E-state index is 12.6. The summed E-state index contributed by atoms with van der Waals surface area (Å²) in [5.41, 5.74) is 2.11. The smallest absolute Gasteiger partial charge is 0.253 e. The molecule has 0 aliphatic carbocycles. The standard InChI is InChI=1S/C19H18ClN3O2/c1-25-17-6-3-14(4-7-17)19(24)23-10-8-22(9-11-23)16-5-2-15(13-21)18(20)12-16/h2-7,12H,8-11H2,1H3. The van der Waals surface area contributed by atoms with Gasteiger partial charge in [-0.3, -0.25) is 4.79 Å². The van der Waals surface area contributed by atoms with Gasteiger partial charge in [0.1, 0.15) is 11.8 Å². The SMILES string of the molecule is COc1ccc(C(=O)N2CCN(c3ccc(C#N)c(Cl)c3)CC2)cc1. The predicted molar refractivity (Wildman–Crippen MR) is 97.3 cm³/mol. The number of rotatable bonds is 3. The quantitative estimate of drug-likeness (QED) is 0.848. The number of methoxy groups -OCH3 is 1. The fourth-order valence-electron chi connectivity index (χ4n) is 2.88. The van der Waals surface area contributed by atoms with Crippen LogP contribution in [-0.4, -0.2) is 44.1 Å². The van der Waals surface area contributed by atoms with Gasteiger partial charge >= 0.3 is 0 Å². The number of anilines is 1. The van der Waals surface area contributed by atoms with E-state index in [1.54, 1.807) is 43.5 Å². The van der Waals surface area contributed by atoms with Crippen LogP contribution in [0.5, 0.6) is 5.75 Å². The highest BCUT2D eigenvalue weighted by molar-refractivity contribution is 6.32. The Bertz CT molecular complexity index is 806. The molecule has 1 amide bonds. The number of ether oxygens (including phenoxy) is 1. The van der Waals surface area contributed by atoms with Crippen LogP contribution in [0.1, 0.15) is 15.9 Å². The van der Waals surface area contributed by atoms with E-state index in [0.29, 0.717) is 29.2 Å². The molecule has 1 saturated heterocycles. The highest BCUT2D eigenvalue weighted by Gasteiger charge is 2.22. The summed E-state index contributed by atoms with van der Waals surface area (Å²) in [6, 6.07) is 14.7. The Balaban J connectivity index is 1.64. The number of hydrogen-bond acceptors (Lipinski definition) is 4. The average molecular weight is 356 g/mol. The van der Waals surface area contributed by atoms with Gasteiger partial charge in [-0.1, -0.05) is 11.6 Å². The second-order valence-electron chi connectivity index (χ2n) is 5.78. The molecule has 0 bridgehead atoms. The van der Waals surface area contributed by atoms with Crippen LogP contribution in [0.4, 0.5) is 5.69 Å². The zero-order chi connectivity index (χ0) is 17.8. The first kappa shape index (κ1) is 17.1. The van der Waals surface area contributed by atoms with Crippen molar-refractivity contribution in [3.05, 3.63) is 58.6 Å². The molecule has 0 spiro atoms. The molecule has 0 aromatic heterocycles. The van der Waals surface area contributed by atoms with Gasteiger partial charge in [0, 0.05) is 37.4 Å². The Morgan fingerprint density at radius 2 is 1.80 bits per heavy atom. The summed E-state index contributed by atoms with van der Waals surface area (Å²) >= 11 is 6.11. The number of carbonyl (C=O) groups is 1. The lowest BCUT2D eigenvalue weighted by Gasteiger charge is -2.36. The first-order chi connectivity index (χ1) is 12.1. The third-order valence-corrected chi connectivity index (χ3v) is 4.65. The van der Waals surface area contributed by atoms with Gasteiger partial charge in [0.2, 0.25) is 0 Å². The summed E-state index contributed by atoms with van der Waals surface area (Å²) in [7, 11) is 1.60. The molecule has 1 aliphatic rings. The number of nitriles is 1. The highest BCUT2D eigenvalue weighted by atomic mass is 35.5. The zero-order valence-electron chi connectivity index (χ0n) is 13.9. The van der Waals surface area contributed by atoms with E-state index >= 15 is 0 Å². The van der Waals surface area contributed by atoms with E-state index in [4.69, 9.17) is 21.6 Å². The van der Waals surface area contributed by atoms with Crippen LogP contribution in [0.15, 0.2) is 42.5 Å². The predicted octanol–water partition coefficient (Wildman–Crippen LogP) is 3.18.